The summed E-state index contributed by atoms with van der Waals surface area (Å²) < 4.78 is 43.3. The SMILES string of the molecule is CC[C@H](C)[C@@H]1NC(=O)[C@@H](CCCN=C(N)N)NC(=O)[C@H](CC(C)C)NC(=O)[C@H]([C@H](O)C(C)C)NC(=O)[C@@H](NC(=O)[C@H](Cc2ccc([N+](=O)[O-])cc2)NC(=O)[C@H](CC2CCCCC2)NC(=O)OC(C)(C)C)[C@@H](c2ccccc2)OC(=O)[C@H](CO)NC(=O)[C@H]([C@H](O)C(N)=O)NC(=O)CNC(=O)[C@H]([C@H](C)O)NC1=O.O=C(O)C(F)(F)F. The van der Waals surface area contributed by atoms with Crippen LogP contribution in [0.5, 0.6) is 0 Å². The second-order valence-corrected chi connectivity index (χ2v) is 29.1. The average Bonchev–Trinajstić information content (AvgIpc) is 0.802. The van der Waals surface area contributed by atoms with Gasteiger partial charge in [0.1, 0.15) is 60.0 Å². The molecule has 0 aromatic heterocycles. The zero-order chi connectivity index (χ0) is 85.5. The molecule has 1 heterocycles. The summed E-state index contributed by atoms with van der Waals surface area (Å²) in [6.45, 7) is 12.7. The highest BCUT2D eigenvalue weighted by molar-refractivity contribution is 6.00. The van der Waals surface area contributed by atoms with Crippen LogP contribution in [0.25, 0.3) is 0 Å². The van der Waals surface area contributed by atoms with E-state index in [2.05, 4.69) is 52.8 Å². The molecule has 1 aliphatic heterocycles. The number of nitro benzene ring substituents is 1. The molecule has 1 saturated carbocycles. The minimum Gasteiger partial charge on any atom is -0.475 e. The standard InChI is InChI=1S/C69H106N16O21.C2HF3O2/c1-11-36(6)48-62(97)82-49(37(7)87)61(96)74-32-47(88)80-51(54(90)56(70)91)64(99)78-46(33-86)66(101)105-55(40-21-16-13-17-22-40)52(65(100)83-50(53(89)35(4)5)63(98)77-43(29-34(2)3)58(93)75-42(57(92)81-48)23-18-28-73-67(71)72)84-60(95)44(31-39-24-26-41(27-25-39)85(103)104)76-59(94)45(30-38-19-14-12-15-20-38)79-68(102)106-69(8,9)10;3-2(4,5)1(6)7/h13,16-17,21-22,24-27,34-38,42-46,48-55,86-87,89-90H,11-12,14-15,18-20,23,28-33H2,1-10H3,(H2,70,91)(H,74,96)(H,75,93)(H,76,94)(H,77,98)(H,78,99)(H,79,102)(H,80,88)(H,81,92)(H,82,97)(H,83,100)(H,84,95)(H4,71,72,73);(H,6,7)/t36-,37-,42+,43-,44-,45-,46-,48-,49-,50-,51-,52-,53+,54-,55+;/m0./s1. The highest BCUT2D eigenvalue weighted by Gasteiger charge is 2.45. The van der Waals surface area contributed by atoms with Gasteiger partial charge in [-0.3, -0.25) is 67.8 Å². The van der Waals surface area contributed by atoms with E-state index in [0.717, 1.165) is 38.3 Å². The van der Waals surface area contributed by atoms with Crippen molar-refractivity contribution in [3.63, 3.8) is 0 Å². The van der Waals surface area contributed by atoms with E-state index in [4.69, 9.17) is 36.6 Å². The first-order chi connectivity index (χ1) is 52.7. The topological polar surface area (TPSA) is 624 Å². The number of carbonyl (C=O) groups is 14. The summed E-state index contributed by atoms with van der Waals surface area (Å²) in [6.07, 6.45) is -11.4. The van der Waals surface area contributed by atoms with Crippen molar-refractivity contribution in [1.82, 2.24) is 58.5 Å². The number of nitrogens with two attached hydrogens (primary N) is 3. The van der Waals surface area contributed by atoms with Crippen molar-refractivity contribution in [2.75, 3.05) is 19.7 Å². The number of hydrogen-bond acceptors (Lipinski definition) is 23. The number of alkyl carbamates (subject to hydrolysis) is 1. The summed E-state index contributed by atoms with van der Waals surface area (Å²) in [5, 5.41) is 90.2. The van der Waals surface area contributed by atoms with Crippen LogP contribution in [-0.2, 0) is 78.2 Å². The number of hydrogen-bond donors (Lipinski definition) is 19. The van der Waals surface area contributed by atoms with Gasteiger partial charge in [0.2, 0.25) is 65.0 Å². The molecule has 12 amide bonds. The first kappa shape index (κ1) is 96.3. The third kappa shape index (κ3) is 32.8. The number of non-ortho nitro benzene ring substituents is 1. The Balaban J connectivity index is 0.00000449. The third-order valence-electron chi connectivity index (χ3n) is 17.8. The van der Waals surface area contributed by atoms with Crippen LogP contribution in [0.15, 0.2) is 59.6 Å². The van der Waals surface area contributed by atoms with Gasteiger partial charge in [-0.15, -0.1) is 0 Å². The lowest BCUT2D eigenvalue weighted by Gasteiger charge is -2.34. The van der Waals surface area contributed by atoms with Gasteiger partial charge in [-0.1, -0.05) is 123 Å². The number of aliphatic carboxylic acids is 1. The first-order valence-corrected chi connectivity index (χ1v) is 36.5. The van der Waals surface area contributed by atoms with Crippen LogP contribution in [0.4, 0.5) is 23.7 Å². The predicted molar refractivity (Wildman–Crippen MR) is 394 cm³/mol. The molecule has 2 aromatic carbocycles. The number of nitro groups is 1. The fraction of sp³-hybridized carbons (Fsp3) is 0.620. The number of esters is 1. The van der Waals surface area contributed by atoms with E-state index in [-0.39, 0.29) is 67.3 Å². The summed E-state index contributed by atoms with van der Waals surface area (Å²) in [5.74, 6) is -20.9. The summed E-state index contributed by atoms with van der Waals surface area (Å²) >= 11 is 0. The Morgan fingerprint density at radius 1 is 0.681 bits per heavy atom. The van der Waals surface area contributed by atoms with E-state index >= 15 is 14.4 Å². The number of amides is 12. The van der Waals surface area contributed by atoms with Crippen molar-refractivity contribution in [2.24, 2.45) is 45.9 Å². The van der Waals surface area contributed by atoms with Crippen LogP contribution in [0, 0.1) is 33.8 Å². The number of cyclic esters (lactones) is 1. The number of rotatable bonds is 25. The van der Waals surface area contributed by atoms with Gasteiger partial charge >= 0.3 is 24.2 Å². The van der Waals surface area contributed by atoms with Crippen LogP contribution in [0.1, 0.15) is 151 Å². The quantitative estimate of drug-likeness (QED) is 0.0125. The molecule has 0 unspecified atom stereocenters. The summed E-state index contributed by atoms with van der Waals surface area (Å²) in [7, 11) is 0. The largest absolute Gasteiger partial charge is 0.490 e. The normalized spacial score (nSPS) is 22.9. The average molecular weight is 1610 g/mol. The minimum absolute atomic E-state index is 0.00513. The fourth-order valence-corrected chi connectivity index (χ4v) is 11.6. The Hall–Kier alpha value is -10.9. The molecular weight excluding hydrogens is 1500 g/mol. The van der Waals surface area contributed by atoms with Crippen LogP contribution >= 0.6 is 0 Å². The monoisotopic (exact) mass is 1610 g/mol. The van der Waals surface area contributed by atoms with E-state index < -0.39 is 222 Å². The van der Waals surface area contributed by atoms with Gasteiger partial charge in [-0.25, -0.2) is 14.4 Å². The molecule has 0 spiro atoms. The van der Waals surface area contributed by atoms with Crippen molar-refractivity contribution in [1.29, 1.82) is 0 Å². The van der Waals surface area contributed by atoms with E-state index in [1.54, 1.807) is 48.5 Å². The molecule has 22 N–H and O–H groups in total. The van der Waals surface area contributed by atoms with Gasteiger partial charge in [-0.2, -0.15) is 13.2 Å². The number of benzene rings is 2. The first-order valence-electron chi connectivity index (χ1n) is 36.5. The number of alkyl halides is 3. The molecule has 0 bridgehead atoms. The molecule has 2 fully saturated rings. The molecule has 15 atom stereocenters. The molecule has 0 radical (unpaired) electrons. The Kier molecular flexibility index (Phi) is 38.9. The van der Waals surface area contributed by atoms with Crippen molar-refractivity contribution >= 4 is 94.7 Å². The summed E-state index contributed by atoms with van der Waals surface area (Å²) in [6, 6.07) is -7.66. The molecular formula is C71H107F3N16O23. The number of nitrogens with zero attached hydrogens (tertiary/aromatic N) is 2. The number of primary amides is 1. The van der Waals surface area contributed by atoms with Crippen LogP contribution in [0.3, 0.4) is 0 Å². The number of carboxylic acids is 1. The van der Waals surface area contributed by atoms with Gasteiger partial charge in [-0.05, 0) is 88.2 Å². The predicted octanol–water partition coefficient (Wildman–Crippen LogP) is -2.21. The molecule has 113 heavy (non-hydrogen) atoms. The van der Waals surface area contributed by atoms with Gasteiger partial charge in [0.25, 0.3) is 5.69 Å². The second-order valence-electron chi connectivity index (χ2n) is 29.1. The molecule has 2 aliphatic rings. The number of aliphatic imine (C=N–C) groups is 1. The van der Waals surface area contributed by atoms with E-state index in [9.17, 15) is 91.7 Å². The summed E-state index contributed by atoms with van der Waals surface area (Å²) in [4.78, 5) is 212. The van der Waals surface area contributed by atoms with Gasteiger partial charge in [0.05, 0.1) is 30.3 Å². The minimum atomic E-state index is -5.08. The Labute approximate surface area is 649 Å². The lowest BCUT2D eigenvalue weighted by Crippen LogP contribution is -2.64. The van der Waals surface area contributed by atoms with Gasteiger partial charge in [0.15, 0.2) is 24.2 Å². The van der Waals surface area contributed by atoms with Crippen LogP contribution < -0.4 is 75.7 Å². The van der Waals surface area contributed by atoms with Gasteiger partial charge < -0.3 is 111 Å². The van der Waals surface area contributed by atoms with Crippen LogP contribution in [-0.4, -0.2) is 230 Å². The maximum absolute atomic E-state index is 15.8. The number of carbonyl (C=O) groups excluding carboxylic acids is 13. The maximum atomic E-state index is 15.8. The second kappa shape index (κ2) is 45.6. The highest BCUT2D eigenvalue weighted by Crippen LogP contribution is 2.29. The lowest BCUT2D eigenvalue weighted by atomic mass is 9.84. The number of halogens is 3. The Bertz CT molecular complexity index is 3640. The van der Waals surface area contributed by atoms with Crippen molar-refractivity contribution < 1.29 is 120 Å². The zero-order valence-corrected chi connectivity index (χ0v) is 64.3. The molecule has 1 aliphatic carbocycles. The fourth-order valence-electron chi connectivity index (χ4n) is 11.6. The zero-order valence-electron chi connectivity index (χ0n) is 64.3. The number of nitrogens with one attached hydrogen (secondary N) is 11. The van der Waals surface area contributed by atoms with E-state index in [0.29, 0.717) is 12.8 Å². The number of carboxylic acid groups (broad SMARTS) is 1. The third-order valence-corrected chi connectivity index (χ3v) is 17.8. The number of ether oxygens (including phenoxy) is 2. The molecule has 1 saturated heterocycles. The van der Waals surface area contributed by atoms with E-state index in [1.807, 2.05) is 10.6 Å². The Morgan fingerprint density at radius 2 is 1.23 bits per heavy atom. The highest BCUT2D eigenvalue weighted by atomic mass is 19.4. The van der Waals surface area contributed by atoms with Gasteiger partial charge in [0, 0.05) is 25.1 Å². The number of aliphatic hydroxyl groups excluding tert-OH is 4. The number of aliphatic hydroxyl groups is 4. The number of guanidine groups is 1. The molecule has 4 rings (SSSR count). The molecule has 39 nitrogen and oxygen atoms in total. The molecule has 2 aromatic rings. The van der Waals surface area contributed by atoms with Crippen LogP contribution in [0.2, 0.25) is 0 Å². The molecule has 42 heteroatoms. The molecule has 630 valence electrons. The summed E-state index contributed by atoms with van der Waals surface area (Å²) in [5.41, 5.74) is 15.1. The van der Waals surface area contributed by atoms with E-state index in [1.165, 1.54) is 56.3 Å². The van der Waals surface area contributed by atoms with Crippen molar-refractivity contribution in [3.05, 3.63) is 75.8 Å². The Morgan fingerprint density at radius 3 is 1.75 bits per heavy atom. The lowest BCUT2D eigenvalue weighted by molar-refractivity contribution is -0.384. The maximum Gasteiger partial charge on any atom is 0.490 e. The van der Waals surface area contributed by atoms with Crippen molar-refractivity contribution in [2.45, 2.75) is 236 Å². The van der Waals surface area contributed by atoms with Crippen molar-refractivity contribution in [3.8, 4) is 0 Å². The smallest absolute Gasteiger partial charge is 0.475 e.